The third kappa shape index (κ3) is 2.91. The van der Waals surface area contributed by atoms with Gasteiger partial charge in [-0.15, -0.1) is 0 Å². The molecule has 4 rings (SSSR count). The maximum atomic E-state index is 13.3. The van der Waals surface area contributed by atoms with Crippen LogP contribution in [0.15, 0.2) is 6.20 Å². The first-order valence-corrected chi connectivity index (χ1v) is 8.05. The van der Waals surface area contributed by atoms with Crippen LogP contribution in [0.2, 0.25) is 0 Å². The van der Waals surface area contributed by atoms with E-state index in [0.29, 0.717) is 23.9 Å². The van der Waals surface area contributed by atoms with Crippen molar-refractivity contribution in [2.45, 2.75) is 19.1 Å². The van der Waals surface area contributed by atoms with Crippen LogP contribution in [0.5, 0.6) is 5.75 Å². The van der Waals surface area contributed by atoms with Gasteiger partial charge in [-0.1, -0.05) is 0 Å². The number of ether oxygens (including phenoxy) is 2. The minimum atomic E-state index is -4.57. The van der Waals surface area contributed by atoms with Crippen LogP contribution in [0.4, 0.5) is 30.8 Å². The topological polar surface area (TPSA) is 86.1 Å². The lowest BCUT2D eigenvalue weighted by atomic mass is 10.0. The summed E-state index contributed by atoms with van der Waals surface area (Å²) in [6, 6.07) is -0.350. The van der Waals surface area contributed by atoms with Crippen LogP contribution in [0.25, 0.3) is 0 Å². The fourth-order valence-corrected chi connectivity index (χ4v) is 3.10. The molecule has 4 heterocycles. The quantitative estimate of drug-likeness (QED) is 0.734. The summed E-state index contributed by atoms with van der Waals surface area (Å²) < 4.78 is 52.9. The van der Waals surface area contributed by atoms with E-state index in [1.807, 2.05) is 0 Å². The molecule has 26 heavy (non-hydrogen) atoms. The summed E-state index contributed by atoms with van der Waals surface area (Å²) in [7, 11) is 1.70. The normalized spacial score (nSPS) is 22.3. The molecule has 1 saturated heterocycles. The first-order valence-electron chi connectivity index (χ1n) is 8.05. The van der Waals surface area contributed by atoms with Crippen LogP contribution < -0.4 is 15.4 Å². The predicted octanol–water partition coefficient (Wildman–Crippen LogP) is 2.10. The minimum absolute atomic E-state index is 0.0192. The van der Waals surface area contributed by atoms with Gasteiger partial charge in [0.05, 0.1) is 25.9 Å². The zero-order valence-corrected chi connectivity index (χ0v) is 14.1. The molecule has 8 nitrogen and oxygen atoms in total. The van der Waals surface area contributed by atoms with E-state index in [0.717, 1.165) is 6.20 Å². The maximum absolute atomic E-state index is 13.3. The second-order valence-electron chi connectivity index (χ2n) is 6.32. The van der Waals surface area contributed by atoms with E-state index in [1.54, 1.807) is 18.7 Å². The van der Waals surface area contributed by atoms with Gasteiger partial charge in [-0.05, 0) is 6.92 Å². The number of alkyl halides is 3. The molecule has 0 aliphatic carbocycles. The molecule has 2 aromatic heterocycles. The van der Waals surface area contributed by atoms with Crippen molar-refractivity contribution in [1.29, 1.82) is 0 Å². The Hall–Kier alpha value is -2.56. The van der Waals surface area contributed by atoms with Crippen molar-refractivity contribution in [3.63, 3.8) is 0 Å². The highest BCUT2D eigenvalue weighted by Gasteiger charge is 2.38. The van der Waals surface area contributed by atoms with E-state index in [4.69, 9.17) is 9.47 Å². The Labute approximate surface area is 146 Å². The van der Waals surface area contributed by atoms with Gasteiger partial charge in [0.15, 0.2) is 11.6 Å². The predicted molar refractivity (Wildman–Crippen MR) is 85.5 cm³/mol. The number of hydrogen-bond donors (Lipinski definition) is 2. The Bertz CT molecular complexity index is 838. The van der Waals surface area contributed by atoms with Crippen molar-refractivity contribution in [2.75, 3.05) is 30.5 Å². The fraction of sp³-hybridized carbons (Fsp3) is 0.533. The largest absolute Gasteiger partial charge is 0.487 e. The second kappa shape index (κ2) is 6.01. The Morgan fingerprint density at radius 1 is 1.27 bits per heavy atom. The molecular weight excluding hydrogens is 353 g/mol. The summed E-state index contributed by atoms with van der Waals surface area (Å²) in [6.07, 6.45) is -3.80. The number of halogens is 3. The van der Waals surface area contributed by atoms with Crippen LogP contribution in [-0.4, -0.2) is 45.6 Å². The third-order valence-electron chi connectivity index (χ3n) is 4.45. The maximum Gasteiger partial charge on any atom is 0.421 e. The van der Waals surface area contributed by atoms with Crippen molar-refractivity contribution < 1.29 is 22.6 Å². The van der Waals surface area contributed by atoms with E-state index in [-0.39, 0.29) is 36.9 Å². The Morgan fingerprint density at radius 2 is 2.08 bits per heavy atom. The van der Waals surface area contributed by atoms with Gasteiger partial charge in [-0.2, -0.15) is 23.3 Å². The fourth-order valence-electron chi connectivity index (χ4n) is 3.10. The number of aryl methyl sites for hydroxylation is 2. The van der Waals surface area contributed by atoms with Gasteiger partial charge in [0.2, 0.25) is 5.95 Å². The average molecular weight is 370 g/mol. The molecule has 1 fully saturated rings. The molecule has 2 atom stereocenters. The number of aromatic nitrogens is 4. The smallest absolute Gasteiger partial charge is 0.421 e. The number of hydrogen-bond acceptors (Lipinski definition) is 7. The lowest BCUT2D eigenvalue weighted by molar-refractivity contribution is -0.137. The molecule has 2 aliphatic heterocycles. The first-order chi connectivity index (χ1) is 12.3. The van der Waals surface area contributed by atoms with E-state index < -0.39 is 11.7 Å². The van der Waals surface area contributed by atoms with Crippen molar-refractivity contribution in [2.24, 2.45) is 13.0 Å². The van der Waals surface area contributed by atoms with E-state index in [9.17, 15) is 13.2 Å². The molecule has 2 aromatic rings. The van der Waals surface area contributed by atoms with Crippen molar-refractivity contribution >= 4 is 17.6 Å². The van der Waals surface area contributed by atoms with Gasteiger partial charge in [0.25, 0.3) is 0 Å². The van der Waals surface area contributed by atoms with Gasteiger partial charge in [0.1, 0.15) is 17.1 Å². The molecule has 0 saturated carbocycles. The Morgan fingerprint density at radius 3 is 2.85 bits per heavy atom. The highest BCUT2D eigenvalue weighted by Crippen LogP contribution is 2.37. The van der Waals surface area contributed by atoms with Crippen molar-refractivity contribution in [3.8, 4) is 5.75 Å². The summed E-state index contributed by atoms with van der Waals surface area (Å²) in [5.74, 6) is 0.610. The monoisotopic (exact) mass is 370 g/mol. The zero-order valence-electron chi connectivity index (χ0n) is 14.1. The Kier molecular flexibility index (Phi) is 3.90. The molecule has 2 N–H and O–H groups in total. The number of anilines is 3. The summed E-state index contributed by atoms with van der Waals surface area (Å²) >= 11 is 0. The van der Waals surface area contributed by atoms with E-state index in [2.05, 4.69) is 25.7 Å². The zero-order chi connectivity index (χ0) is 18.5. The van der Waals surface area contributed by atoms with Gasteiger partial charge in [-0.3, -0.25) is 0 Å². The molecule has 1 unspecified atom stereocenters. The van der Waals surface area contributed by atoms with Crippen LogP contribution in [0.1, 0.15) is 11.3 Å². The SMILES string of the molecule is Cc1nn(C)c2c1OC[C@H]1COCC1Nc1nc(ncc1C(F)(F)F)N2. The summed E-state index contributed by atoms with van der Waals surface area (Å²) in [4.78, 5) is 7.85. The van der Waals surface area contributed by atoms with Crippen LogP contribution in [-0.2, 0) is 18.0 Å². The van der Waals surface area contributed by atoms with Crippen molar-refractivity contribution in [1.82, 2.24) is 19.7 Å². The number of nitrogens with zero attached hydrogens (tertiary/aromatic N) is 4. The summed E-state index contributed by atoms with van der Waals surface area (Å²) in [6.45, 7) is 2.74. The van der Waals surface area contributed by atoms with Gasteiger partial charge in [-0.25, -0.2) is 9.67 Å². The molecule has 11 heteroatoms. The molecule has 0 spiro atoms. The lowest BCUT2D eigenvalue weighted by Gasteiger charge is -2.21. The average Bonchev–Trinajstić information content (AvgIpc) is 3.09. The molecule has 2 bridgehead atoms. The summed E-state index contributed by atoms with van der Waals surface area (Å²) in [5, 5.41) is 10.1. The third-order valence-corrected chi connectivity index (χ3v) is 4.45. The summed E-state index contributed by atoms with van der Waals surface area (Å²) in [5.41, 5.74) is -0.264. The van der Waals surface area contributed by atoms with Crippen LogP contribution >= 0.6 is 0 Å². The highest BCUT2D eigenvalue weighted by molar-refractivity contribution is 5.62. The minimum Gasteiger partial charge on any atom is -0.487 e. The molecule has 0 aromatic carbocycles. The molecule has 0 amide bonds. The lowest BCUT2D eigenvalue weighted by Crippen LogP contribution is -2.33. The molecule has 2 aliphatic rings. The van der Waals surface area contributed by atoms with Crippen molar-refractivity contribution in [3.05, 3.63) is 17.5 Å². The van der Waals surface area contributed by atoms with Crippen LogP contribution in [0, 0.1) is 12.8 Å². The number of nitrogens with one attached hydrogen (secondary N) is 2. The van der Waals surface area contributed by atoms with Crippen LogP contribution in [0.3, 0.4) is 0 Å². The molecule has 0 radical (unpaired) electrons. The van der Waals surface area contributed by atoms with E-state index in [1.165, 1.54) is 0 Å². The first kappa shape index (κ1) is 16.9. The van der Waals surface area contributed by atoms with Gasteiger partial charge < -0.3 is 20.1 Å². The van der Waals surface area contributed by atoms with Gasteiger partial charge >= 0.3 is 6.18 Å². The molecular formula is C15H17F3N6O2. The Balaban J connectivity index is 1.82. The van der Waals surface area contributed by atoms with E-state index >= 15 is 0 Å². The highest BCUT2D eigenvalue weighted by atomic mass is 19.4. The standard InChI is InChI=1S/C15H17F3N6O2/c1-7-11-13(24(2)23-7)22-14-19-3-9(15(16,17)18)12(21-14)20-10-6-25-4-8(10)5-26-11/h3,8,10H,4-6H2,1-2H3,(H2,19,20,21,22)/t8-,10?/m1/s1. The number of fused-ring (bicyclic) bond motifs is 4. The number of rotatable bonds is 0. The second-order valence-corrected chi connectivity index (χ2v) is 6.32. The van der Waals surface area contributed by atoms with Gasteiger partial charge in [0, 0.05) is 19.2 Å². The molecule has 140 valence electrons.